The number of aromatic nitrogens is 2. The molecule has 0 bridgehead atoms. The van der Waals surface area contributed by atoms with E-state index >= 15 is 0 Å². The zero-order valence-electron chi connectivity index (χ0n) is 18.3. The molecule has 4 rings (SSSR count). The molecular formula is C26H23ClN4O2. The van der Waals surface area contributed by atoms with Gasteiger partial charge in [-0.15, -0.1) is 0 Å². The first-order valence-electron chi connectivity index (χ1n) is 10.4. The predicted molar refractivity (Wildman–Crippen MR) is 131 cm³/mol. The summed E-state index contributed by atoms with van der Waals surface area (Å²) in [6, 6.07) is 23.9. The van der Waals surface area contributed by atoms with Gasteiger partial charge in [0.05, 0.1) is 0 Å². The van der Waals surface area contributed by atoms with Gasteiger partial charge in [-0.2, -0.15) is 0 Å². The van der Waals surface area contributed by atoms with Crippen molar-refractivity contribution in [2.24, 2.45) is 0 Å². The summed E-state index contributed by atoms with van der Waals surface area (Å²) < 4.78 is 5.79. The predicted octanol–water partition coefficient (Wildman–Crippen LogP) is 6.32. The lowest BCUT2D eigenvalue weighted by molar-refractivity contribution is 0.102. The Hall–Kier alpha value is -3.90. The van der Waals surface area contributed by atoms with Gasteiger partial charge in [0.15, 0.2) is 0 Å². The van der Waals surface area contributed by atoms with Crippen LogP contribution in [0.2, 0.25) is 5.02 Å². The zero-order chi connectivity index (χ0) is 23.2. The number of hydrogen-bond acceptors (Lipinski definition) is 5. The Morgan fingerprint density at radius 2 is 1.58 bits per heavy atom. The van der Waals surface area contributed by atoms with Crippen LogP contribution in [0.4, 0.5) is 17.3 Å². The maximum absolute atomic E-state index is 12.7. The Labute approximate surface area is 197 Å². The third kappa shape index (κ3) is 6.30. The number of anilines is 3. The van der Waals surface area contributed by atoms with Crippen molar-refractivity contribution in [3.8, 4) is 5.75 Å². The Morgan fingerprint density at radius 3 is 2.27 bits per heavy atom. The van der Waals surface area contributed by atoms with Crippen molar-refractivity contribution in [2.75, 3.05) is 10.6 Å². The molecule has 1 aromatic heterocycles. The highest BCUT2D eigenvalue weighted by Crippen LogP contribution is 2.20. The lowest BCUT2D eigenvalue weighted by Gasteiger charge is -2.10. The van der Waals surface area contributed by atoms with Crippen LogP contribution in [0.3, 0.4) is 0 Å². The van der Waals surface area contributed by atoms with Gasteiger partial charge >= 0.3 is 0 Å². The molecule has 0 unspecified atom stereocenters. The van der Waals surface area contributed by atoms with Crippen LogP contribution in [0.1, 0.15) is 27.3 Å². The molecule has 0 spiro atoms. The van der Waals surface area contributed by atoms with Crippen LogP contribution >= 0.6 is 11.6 Å². The van der Waals surface area contributed by atoms with Gasteiger partial charge in [0.2, 0.25) is 5.95 Å². The second kappa shape index (κ2) is 10.1. The van der Waals surface area contributed by atoms with E-state index in [2.05, 4.69) is 20.6 Å². The smallest absolute Gasteiger partial charge is 0.255 e. The standard InChI is InChI=1S/C26H23ClN4O2/c1-17-14-18(2)29-26(28-17)31-23-5-3-4-20(15-23)25(32)30-22-10-12-24(13-11-22)33-16-19-6-8-21(27)9-7-19/h3-15H,16H2,1-2H3,(H,30,32)(H,28,29,31). The van der Waals surface area contributed by atoms with Gasteiger partial charge in [0.1, 0.15) is 12.4 Å². The van der Waals surface area contributed by atoms with E-state index in [1.165, 1.54) is 0 Å². The second-order valence-corrected chi connectivity index (χ2v) is 8.01. The van der Waals surface area contributed by atoms with E-state index in [-0.39, 0.29) is 5.91 Å². The highest BCUT2D eigenvalue weighted by atomic mass is 35.5. The zero-order valence-corrected chi connectivity index (χ0v) is 19.1. The summed E-state index contributed by atoms with van der Waals surface area (Å²) in [5.74, 6) is 0.997. The molecule has 0 aliphatic carbocycles. The fourth-order valence-electron chi connectivity index (χ4n) is 3.23. The average Bonchev–Trinajstić information content (AvgIpc) is 2.79. The summed E-state index contributed by atoms with van der Waals surface area (Å²) in [6.07, 6.45) is 0. The normalized spacial score (nSPS) is 10.5. The van der Waals surface area contributed by atoms with Crippen molar-refractivity contribution < 1.29 is 9.53 Å². The number of amides is 1. The van der Waals surface area contributed by atoms with Crippen LogP contribution in [-0.4, -0.2) is 15.9 Å². The minimum Gasteiger partial charge on any atom is -0.489 e. The van der Waals surface area contributed by atoms with E-state index in [0.29, 0.717) is 34.6 Å². The number of carbonyl (C=O) groups is 1. The molecule has 0 fully saturated rings. The summed E-state index contributed by atoms with van der Waals surface area (Å²) in [4.78, 5) is 21.5. The summed E-state index contributed by atoms with van der Waals surface area (Å²) in [7, 11) is 0. The third-order valence-electron chi connectivity index (χ3n) is 4.79. The molecule has 0 radical (unpaired) electrons. The minimum absolute atomic E-state index is 0.213. The molecule has 0 aliphatic heterocycles. The molecule has 4 aromatic rings. The van der Waals surface area contributed by atoms with Gasteiger partial charge in [-0.1, -0.05) is 29.8 Å². The van der Waals surface area contributed by atoms with E-state index in [1.54, 1.807) is 24.3 Å². The second-order valence-electron chi connectivity index (χ2n) is 7.57. The number of aryl methyl sites for hydroxylation is 2. The number of carbonyl (C=O) groups excluding carboxylic acids is 1. The van der Waals surface area contributed by atoms with E-state index in [0.717, 1.165) is 22.6 Å². The van der Waals surface area contributed by atoms with Crippen LogP contribution in [0.5, 0.6) is 5.75 Å². The molecule has 1 heterocycles. The molecule has 1 amide bonds. The first kappa shape index (κ1) is 22.3. The van der Waals surface area contributed by atoms with Crippen LogP contribution in [-0.2, 0) is 6.61 Å². The first-order valence-corrected chi connectivity index (χ1v) is 10.8. The van der Waals surface area contributed by atoms with E-state index in [9.17, 15) is 4.79 Å². The summed E-state index contributed by atoms with van der Waals surface area (Å²) >= 11 is 5.90. The van der Waals surface area contributed by atoms with Crippen molar-refractivity contribution in [2.45, 2.75) is 20.5 Å². The number of hydrogen-bond donors (Lipinski definition) is 2. The molecule has 3 aromatic carbocycles. The van der Waals surface area contributed by atoms with Gasteiger partial charge < -0.3 is 15.4 Å². The van der Waals surface area contributed by atoms with Gasteiger partial charge in [-0.05, 0) is 80.1 Å². The molecular weight excluding hydrogens is 436 g/mol. The van der Waals surface area contributed by atoms with Crippen molar-refractivity contribution in [1.29, 1.82) is 0 Å². The van der Waals surface area contributed by atoms with Gasteiger partial charge in [-0.25, -0.2) is 9.97 Å². The quantitative estimate of drug-likeness (QED) is 0.339. The Balaban J connectivity index is 1.36. The van der Waals surface area contributed by atoms with Gasteiger partial charge in [0.25, 0.3) is 5.91 Å². The molecule has 2 N–H and O–H groups in total. The van der Waals surface area contributed by atoms with Crippen LogP contribution in [0.15, 0.2) is 78.9 Å². The van der Waals surface area contributed by atoms with Crippen LogP contribution in [0.25, 0.3) is 0 Å². The summed E-state index contributed by atoms with van der Waals surface area (Å²) in [6.45, 7) is 4.27. The fraction of sp³-hybridized carbons (Fsp3) is 0.115. The molecule has 0 atom stereocenters. The monoisotopic (exact) mass is 458 g/mol. The van der Waals surface area contributed by atoms with Crippen molar-refractivity contribution in [1.82, 2.24) is 9.97 Å². The number of ether oxygens (including phenoxy) is 1. The number of rotatable bonds is 7. The maximum atomic E-state index is 12.7. The lowest BCUT2D eigenvalue weighted by atomic mass is 10.2. The Bertz CT molecular complexity index is 1240. The van der Waals surface area contributed by atoms with Gasteiger partial charge in [-0.3, -0.25) is 4.79 Å². The third-order valence-corrected chi connectivity index (χ3v) is 5.05. The van der Waals surface area contributed by atoms with Gasteiger partial charge in [0, 0.05) is 33.3 Å². The number of nitrogens with one attached hydrogen (secondary N) is 2. The van der Waals surface area contributed by atoms with Crippen LogP contribution < -0.4 is 15.4 Å². The first-order chi connectivity index (χ1) is 15.9. The highest BCUT2D eigenvalue weighted by molar-refractivity contribution is 6.30. The molecule has 166 valence electrons. The molecule has 0 aliphatic rings. The topological polar surface area (TPSA) is 76.1 Å². The maximum Gasteiger partial charge on any atom is 0.255 e. The Morgan fingerprint density at radius 1 is 0.879 bits per heavy atom. The molecule has 33 heavy (non-hydrogen) atoms. The van der Waals surface area contributed by atoms with Crippen molar-refractivity contribution in [3.05, 3.63) is 106 Å². The van der Waals surface area contributed by atoms with Crippen LogP contribution in [0, 0.1) is 13.8 Å². The fourth-order valence-corrected chi connectivity index (χ4v) is 3.36. The molecule has 0 saturated carbocycles. The largest absolute Gasteiger partial charge is 0.489 e. The number of benzene rings is 3. The minimum atomic E-state index is -0.213. The Kier molecular flexibility index (Phi) is 6.86. The summed E-state index contributed by atoms with van der Waals surface area (Å²) in [5, 5.41) is 6.76. The van der Waals surface area contributed by atoms with E-state index < -0.39 is 0 Å². The molecule has 6 nitrogen and oxygen atoms in total. The SMILES string of the molecule is Cc1cc(C)nc(Nc2cccc(C(=O)Nc3ccc(OCc4ccc(Cl)cc4)cc3)c2)n1. The molecule has 0 saturated heterocycles. The average molecular weight is 459 g/mol. The molecule has 7 heteroatoms. The highest BCUT2D eigenvalue weighted by Gasteiger charge is 2.08. The summed E-state index contributed by atoms with van der Waals surface area (Å²) in [5.41, 5.74) is 4.70. The van der Waals surface area contributed by atoms with E-state index in [1.807, 2.05) is 68.4 Å². The lowest BCUT2D eigenvalue weighted by Crippen LogP contribution is -2.12. The number of halogens is 1. The van der Waals surface area contributed by atoms with Crippen molar-refractivity contribution >= 4 is 34.8 Å². The number of nitrogens with zero attached hydrogens (tertiary/aromatic N) is 2. The van der Waals surface area contributed by atoms with Crippen molar-refractivity contribution in [3.63, 3.8) is 0 Å². The van der Waals surface area contributed by atoms with E-state index in [4.69, 9.17) is 16.3 Å².